The third kappa shape index (κ3) is 3.76. The average molecular weight is 465 g/mol. The van der Waals surface area contributed by atoms with Crippen molar-refractivity contribution < 1.29 is 22.7 Å². The number of methoxy groups -OCH3 is 1. The lowest BCUT2D eigenvalue weighted by Gasteiger charge is -2.10. The third-order valence-electron chi connectivity index (χ3n) is 5.09. The summed E-state index contributed by atoms with van der Waals surface area (Å²) in [6.07, 6.45) is 0. The molecule has 5 aromatic rings. The van der Waals surface area contributed by atoms with Crippen LogP contribution in [0.25, 0.3) is 32.4 Å². The van der Waals surface area contributed by atoms with Gasteiger partial charge < -0.3 is 4.74 Å². The van der Waals surface area contributed by atoms with Gasteiger partial charge in [-0.25, -0.2) is 23.1 Å². The zero-order valence-corrected chi connectivity index (χ0v) is 17.8. The van der Waals surface area contributed by atoms with Gasteiger partial charge in [-0.15, -0.1) is 0 Å². The van der Waals surface area contributed by atoms with E-state index in [2.05, 4.69) is 15.3 Å². The van der Waals surface area contributed by atoms with Crippen LogP contribution in [0.5, 0.6) is 5.75 Å². The van der Waals surface area contributed by atoms with Crippen LogP contribution in [0.3, 0.4) is 0 Å². The summed E-state index contributed by atoms with van der Waals surface area (Å²) in [5.41, 5.74) is 1.94. The van der Waals surface area contributed by atoms with Crippen LogP contribution in [0.15, 0.2) is 60.7 Å². The summed E-state index contributed by atoms with van der Waals surface area (Å²) in [7, 11) is 1.57. The normalized spacial score (nSPS) is 11.2. The van der Waals surface area contributed by atoms with Crippen molar-refractivity contribution in [2.45, 2.75) is 0 Å². The van der Waals surface area contributed by atoms with E-state index in [0.717, 1.165) is 23.0 Å². The Balaban J connectivity index is 1.56. The highest BCUT2D eigenvalue weighted by molar-refractivity contribution is 7.22. The SMILES string of the molecule is COc1ccc(-c2cc(C(=O)Nc3nc4c(F)c(F)c(F)cc4s3)c3ccccc3n2)cc1. The molecule has 33 heavy (non-hydrogen) atoms. The number of para-hydroxylation sites is 1. The van der Waals surface area contributed by atoms with Crippen LogP contribution in [0.1, 0.15) is 10.4 Å². The lowest BCUT2D eigenvalue weighted by Crippen LogP contribution is -2.13. The van der Waals surface area contributed by atoms with Crippen molar-refractivity contribution in [3.8, 4) is 17.0 Å². The molecule has 164 valence electrons. The van der Waals surface area contributed by atoms with E-state index in [4.69, 9.17) is 4.74 Å². The number of hydrogen-bond acceptors (Lipinski definition) is 5. The molecule has 0 aliphatic heterocycles. The number of nitrogens with one attached hydrogen (secondary N) is 1. The predicted molar refractivity (Wildman–Crippen MR) is 121 cm³/mol. The molecule has 1 amide bonds. The molecule has 0 saturated carbocycles. The summed E-state index contributed by atoms with van der Waals surface area (Å²) in [6.45, 7) is 0. The number of aromatic nitrogens is 2. The molecule has 1 N–H and O–H groups in total. The number of halogens is 3. The first kappa shape index (κ1) is 20.9. The fraction of sp³-hybridized carbons (Fsp3) is 0.0417. The van der Waals surface area contributed by atoms with Gasteiger partial charge in [0.1, 0.15) is 11.3 Å². The zero-order valence-electron chi connectivity index (χ0n) is 17.0. The van der Waals surface area contributed by atoms with Crippen LogP contribution in [0.2, 0.25) is 0 Å². The van der Waals surface area contributed by atoms with Crippen molar-refractivity contribution >= 4 is 43.5 Å². The van der Waals surface area contributed by atoms with E-state index in [9.17, 15) is 18.0 Å². The van der Waals surface area contributed by atoms with Crippen molar-refractivity contribution in [2.75, 3.05) is 12.4 Å². The standard InChI is InChI=1S/C24H14F3N3O2S/c1-32-13-8-6-12(7-9-13)18-10-15(14-4-2-3-5-17(14)28-18)23(31)30-24-29-22-19(33-24)11-16(25)20(26)21(22)27/h2-11H,1H3,(H,29,30,31). The molecule has 9 heteroatoms. The number of nitrogens with zero attached hydrogens (tertiary/aromatic N) is 2. The number of thiazole rings is 1. The predicted octanol–water partition coefficient (Wildman–Crippen LogP) is 6.19. The van der Waals surface area contributed by atoms with E-state index in [-0.39, 0.29) is 15.3 Å². The maximum Gasteiger partial charge on any atom is 0.258 e. The van der Waals surface area contributed by atoms with Crippen LogP contribution in [0, 0.1) is 17.5 Å². The molecule has 2 aromatic heterocycles. The fourth-order valence-corrected chi connectivity index (χ4v) is 4.35. The Kier molecular flexibility index (Phi) is 5.18. The molecule has 0 aliphatic carbocycles. The van der Waals surface area contributed by atoms with Gasteiger partial charge in [-0.3, -0.25) is 10.1 Å². The number of ether oxygens (including phenoxy) is 1. The van der Waals surface area contributed by atoms with Crippen LogP contribution in [-0.2, 0) is 0 Å². The Labute approximate surface area is 189 Å². The minimum absolute atomic E-state index is 0.0193. The van der Waals surface area contributed by atoms with Gasteiger partial charge in [-0.1, -0.05) is 29.5 Å². The first-order valence-electron chi connectivity index (χ1n) is 9.74. The van der Waals surface area contributed by atoms with Gasteiger partial charge in [0.2, 0.25) is 0 Å². The second-order valence-electron chi connectivity index (χ2n) is 7.11. The molecule has 2 heterocycles. The van der Waals surface area contributed by atoms with Crippen LogP contribution >= 0.6 is 11.3 Å². The Morgan fingerprint density at radius 2 is 1.73 bits per heavy atom. The van der Waals surface area contributed by atoms with E-state index >= 15 is 0 Å². The lowest BCUT2D eigenvalue weighted by atomic mass is 10.0. The number of hydrogen-bond donors (Lipinski definition) is 1. The van der Waals surface area contributed by atoms with Crippen LogP contribution in [0.4, 0.5) is 18.3 Å². The summed E-state index contributed by atoms with van der Waals surface area (Å²) in [4.78, 5) is 21.8. The third-order valence-corrected chi connectivity index (χ3v) is 6.01. The second kappa shape index (κ2) is 8.18. The maximum atomic E-state index is 14.0. The van der Waals surface area contributed by atoms with E-state index in [0.29, 0.717) is 27.9 Å². The lowest BCUT2D eigenvalue weighted by molar-refractivity contribution is 0.102. The van der Waals surface area contributed by atoms with E-state index in [1.165, 1.54) is 0 Å². The molecule has 3 aromatic carbocycles. The first-order valence-corrected chi connectivity index (χ1v) is 10.6. The minimum Gasteiger partial charge on any atom is -0.497 e. The summed E-state index contributed by atoms with van der Waals surface area (Å²) >= 11 is 0.848. The van der Waals surface area contributed by atoms with Gasteiger partial charge in [0.05, 0.1) is 28.6 Å². The number of fused-ring (bicyclic) bond motifs is 2. The van der Waals surface area contributed by atoms with E-state index in [1.807, 2.05) is 18.2 Å². The Morgan fingerprint density at radius 3 is 2.48 bits per heavy atom. The average Bonchev–Trinajstić information content (AvgIpc) is 3.24. The molecule has 0 spiro atoms. The topological polar surface area (TPSA) is 64.1 Å². The number of carbonyl (C=O) groups is 1. The quantitative estimate of drug-likeness (QED) is 0.322. The van der Waals surface area contributed by atoms with Crippen molar-refractivity contribution in [1.29, 1.82) is 0 Å². The highest BCUT2D eigenvalue weighted by Gasteiger charge is 2.20. The first-order chi connectivity index (χ1) is 15.9. The number of pyridine rings is 1. The maximum absolute atomic E-state index is 14.0. The molecule has 5 rings (SSSR count). The fourth-order valence-electron chi connectivity index (χ4n) is 3.47. The highest BCUT2D eigenvalue weighted by Crippen LogP contribution is 2.32. The number of rotatable bonds is 4. The molecule has 0 fully saturated rings. The summed E-state index contributed by atoms with van der Waals surface area (Å²) < 4.78 is 46.4. The number of anilines is 1. The van der Waals surface area contributed by atoms with Gasteiger partial charge in [-0.05, 0) is 42.5 Å². The highest BCUT2D eigenvalue weighted by atomic mass is 32.1. The number of benzene rings is 3. The Morgan fingerprint density at radius 1 is 0.970 bits per heavy atom. The molecule has 5 nitrogen and oxygen atoms in total. The minimum atomic E-state index is -1.60. The van der Waals surface area contributed by atoms with E-state index < -0.39 is 23.4 Å². The molecular formula is C24H14F3N3O2S. The van der Waals surface area contributed by atoms with Crippen molar-refractivity contribution in [3.05, 3.63) is 83.7 Å². The molecular weight excluding hydrogens is 451 g/mol. The molecule has 0 bridgehead atoms. The van der Waals surface area contributed by atoms with Gasteiger partial charge in [0.25, 0.3) is 5.91 Å². The smallest absolute Gasteiger partial charge is 0.258 e. The second-order valence-corrected chi connectivity index (χ2v) is 8.14. The van der Waals surface area contributed by atoms with Crippen molar-refractivity contribution in [1.82, 2.24) is 9.97 Å². The van der Waals surface area contributed by atoms with Crippen LogP contribution < -0.4 is 10.1 Å². The van der Waals surface area contributed by atoms with E-state index in [1.54, 1.807) is 43.5 Å². The number of carbonyl (C=O) groups excluding carboxylic acids is 1. The molecule has 0 saturated heterocycles. The van der Waals surface area contributed by atoms with Gasteiger partial charge in [0, 0.05) is 10.9 Å². The number of amides is 1. The molecule has 0 aliphatic rings. The molecule has 0 atom stereocenters. The summed E-state index contributed by atoms with van der Waals surface area (Å²) in [6, 6.07) is 16.9. The summed E-state index contributed by atoms with van der Waals surface area (Å²) in [5.74, 6) is -4.13. The van der Waals surface area contributed by atoms with Crippen molar-refractivity contribution in [2.24, 2.45) is 0 Å². The van der Waals surface area contributed by atoms with Gasteiger partial charge in [-0.2, -0.15) is 0 Å². The van der Waals surface area contributed by atoms with Crippen LogP contribution in [-0.4, -0.2) is 23.0 Å². The zero-order chi connectivity index (χ0) is 23.1. The summed E-state index contributed by atoms with van der Waals surface area (Å²) in [5, 5.41) is 3.24. The van der Waals surface area contributed by atoms with Gasteiger partial charge >= 0.3 is 0 Å². The Hall–Kier alpha value is -3.98. The molecule has 0 radical (unpaired) electrons. The largest absolute Gasteiger partial charge is 0.497 e. The monoisotopic (exact) mass is 465 g/mol. The van der Waals surface area contributed by atoms with Crippen molar-refractivity contribution in [3.63, 3.8) is 0 Å². The Bertz CT molecular complexity index is 1530. The molecule has 0 unspecified atom stereocenters. The van der Waals surface area contributed by atoms with Gasteiger partial charge in [0.15, 0.2) is 22.6 Å².